The maximum atomic E-state index is 12.0. The van der Waals surface area contributed by atoms with E-state index in [1.54, 1.807) is 18.2 Å². The molecule has 27 heavy (non-hydrogen) atoms. The van der Waals surface area contributed by atoms with Gasteiger partial charge in [-0.15, -0.1) is 0 Å². The first kappa shape index (κ1) is 18.8. The van der Waals surface area contributed by atoms with E-state index in [-0.39, 0.29) is 18.9 Å². The Hall–Kier alpha value is -3.02. The third kappa shape index (κ3) is 5.48. The number of hydrogen-bond donors (Lipinski definition) is 1. The minimum atomic E-state index is -0.458. The van der Waals surface area contributed by atoms with Crippen molar-refractivity contribution in [3.8, 4) is 11.5 Å². The smallest absolute Gasteiger partial charge is 0.310 e. The van der Waals surface area contributed by atoms with Gasteiger partial charge in [0.15, 0.2) is 18.1 Å². The van der Waals surface area contributed by atoms with E-state index < -0.39 is 5.97 Å². The van der Waals surface area contributed by atoms with Crippen LogP contribution in [0.3, 0.4) is 0 Å². The molecule has 1 aliphatic heterocycles. The molecule has 0 saturated carbocycles. The van der Waals surface area contributed by atoms with Crippen molar-refractivity contribution in [3.05, 3.63) is 59.2 Å². The van der Waals surface area contributed by atoms with Crippen LogP contribution in [0.5, 0.6) is 11.5 Å². The fourth-order valence-corrected chi connectivity index (χ4v) is 2.84. The molecule has 0 spiro atoms. The van der Waals surface area contributed by atoms with E-state index in [0.717, 1.165) is 12.0 Å². The number of nitrogens with one attached hydrogen (secondary N) is 1. The summed E-state index contributed by atoms with van der Waals surface area (Å²) in [7, 11) is 0. The van der Waals surface area contributed by atoms with Gasteiger partial charge in [0.1, 0.15) is 13.2 Å². The maximum Gasteiger partial charge on any atom is 0.310 e. The van der Waals surface area contributed by atoms with Gasteiger partial charge in [-0.3, -0.25) is 9.59 Å². The van der Waals surface area contributed by atoms with E-state index in [4.69, 9.17) is 14.2 Å². The summed E-state index contributed by atoms with van der Waals surface area (Å²) in [5, 5.41) is 2.77. The normalized spacial score (nSPS) is 12.3. The number of amides is 1. The molecule has 0 saturated heterocycles. The molecular formula is C21H23NO5. The topological polar surface area (TPSA) is 73.9 Å². The molecule has 0 aliphatic carbocycles. The zero-order chi connectivity index (χ0) is 19.1. The lowest BCUT2D eigenvalue weighted by Crippen LogP contribution is -2.30. The number of fused-ring (bicyclic) bond motifs is 1. The van der Waals surface area contributed by atoms with Gasteiger partial charge >= 0.3 is 5.97 Å². The summed E-state index contributed by atoms with van der Waals surface area (Å²) < 4.78 is 16.0. The quantitative estimate of drug-likeness (QED) is 0.758. The first-order chi connectivity index (χ1) is 13.1. The van der Waals surface area contributed by atoms with Crippen LogP contribution in [0.2, 0.25) is 0 Å². The maximum absolute atomic E-state index is 12.0. The van der Waals surface area contributed by atoms with Gasteiger partial charge < -0.3 is 19.5 Å². The van der Waals surface area contributed by atoms with E-state index in [2.05, 4.69) is 5.32 Å². The number of aryl methyl sites for hydroxylation is 1. The molecule has 6 nitrogen and oxygen atoms in total. The van der Waals surface area contributed by atoms with Crippen LogP contribution in [0, 0.1) is 6.92 Å². The monoisotopic (exact) mass is 369 g/mol. The zero-order valence-electron chi connectivity index (χ0n) is 15.3. The van der Waals surface area contributed by atoms with Crippen molar-refractivity contribution >= 4 is 11.9 Å². The molecule has 0 atom stereocenters. The van der Waals surface area contributed by atoms with E-state index in [9.17, 15) is 9.59 Å². The van der Waals surface area contributed by atoms with E-state index in [1.807, 2.05) is 31.2 Å². The second kappa shape index (κ2) is 9.07. The Morgan fingerprint density at radius 2 is 1.85 bits per heavy atom. The Bertz CT molecular complexity index is 818. The van der Waals surface area contributed by atoms with Gasteiger partial charge in [-0.2, -0.15) is 0 Å². The lowest BCUT2D eigenvalue weighted by atomic mass is 10.1. The second-order valence-corrected chi connectivity index (χ2v) is 6.34. The number of carbonyl (C=O) groups is 2. The van der Waals surface area contributed by atoms with Crippen LogP contribution >= 0.6 is 0 Å². The lowest BCUT2D eigenvalue weighted by Gasteiger charge is -2.18. The fraction of sp³-hybridized carbons (Fsp3) is 0.333. The highest BCUT2D eigenvalue weighted by Gasteiger charge is 2.14. The van der Waals surface area contributed by atoms with Crippen molar-refractivity contribution in [2.45, 2.75) is 19.8 Å². The first-order valence-corrected chi connectivity index (χ1v) is 8.97. The van der Waals surface area contributed by atoms with E-state index >= 15 is 0 Å². The van der Waals surface area contributed by atoms with Crippen LogP contribution in [0.1, 0.15) is 16.7 Å². The molecule has 0 bridgehead atoms. The van der Waals surface area contributed by atoms with Crippen molar-refractivity contribution in [1.29, 1.82) is 0 Å². The van der Waals surface area contributed by atoms with E-state index in [0.29, 0.717) is 31.3 Å². The van der Waals surface area contributed by atoms with Crippen LogP contribution in [0.15, 0.2) is 42.5 Å². The molecule has 0 aromatic heterocycles. The molecule has 1 amide bonds. The van der Waals surface area contributed by atoms with Crippen molar-refractivity contribution in [3.63, 3.8) is 0 Å². The Balaban J connectivity index is 1.38. The highest BCUT2D eigenvalue weighted by atomic mass is 16.6. The third-order valence-corrected chi connectivity index (χ3v) is 4.30. The first-order valence-electron chi connectivity index (χ1n) is 8.97. The summed E-state index contributed by atoms with van der Waals surface area (Å²) in [6.45, 7) is 3.27. The Morgan fingerprint density at radius 3 is 2.67 bits per heavy atom. The van der Waals surface area contributed by atoms with Crippen LogP contribution in [-0.2, 0) is 27.2 Å². The summed E-state index contributed by atoms with van der Waals surface area (Å²) >= 11 is 0. The summed E-state index contributed by atoms with van der Waals surface area (Å²) in [6.07, 6.45) is 0.816. The summed E-state index contributed by atoms with van der Waals surface area (Å²) in [5.41, 5.74) is 3.13. The minimum absolute atomic E-state index is 0.0765. The summed E-state index contributed by atoms with van der Waals surface area (Å²) in [4.78, 5) is 23.8. The number of hydrogen-bond acceptors (Lipinski definition) is 5. The number of esters is 1. The second-order valence-electron chi connectivity index (χ2n) is 6.34. The highest BCUT2D eigenvalue weighted by molar-refractivity contribution is 5.81. The predicted octanol–water partition coefficient (Wildman–Crippen LogP) is 2.21. The van der Waals surface area contributed by atoms with Crippen molar-refractivity contribution in [2.75, 3.05) is 26.4 Å². The number of rotatable bonds is 7. The van der Waals surface area contributed by atoms with E-state index in [1.165, 1.54) is 11.1 Å². The third-order valence-electron chi connectivity index (χ3n) is 4.30. The van der Waals surface area contributed by atoms with Gasteiger partial charge in [-0.05, 0) is 42.2 Å². The predicted molar refractivity (Wildman–Crippen MR) is 100.0 cm³/mol. The van der Waals surface area contributed by atoms with Gasteiger partial charge in [0.25, 0.3) is 5.91 Å². The molecule has 0 unspecified atom stereocenters. The average Bonchev–Trinajstić information content (AvgIpc) is 2.68. The average molecular weight is 369 g/mol. The van der Waals surface area contributed by atoms with Gasteiger partial charge in [0.2, 0.25) is 0 Å². The number of carbonyl (C=O) groups excluding carboxylic acids is 2. The molecule has 0 fully saturated rings. The Kier molecular flexibility index (Phi) is 6.30. The van der Waals surface area contributed by atoms with Gasteiger partial charge in [-0.1, -0.05) is 30.3 Å². The number of ether oxygens (including phenoxy) is 3. The molecular weight excluding hydrogens is 346 g/mol. The minimum Gasteiger partial charge on any atom is -0.486 e. The molecule has 1 aliphatic rings. The summed E-state index contributed by atoms with van der Waals surface area (Å²) in [5.74, 6) is 0.534. The SMILES string of the molecule is Cc1ccccc1CCNC(=O)COC(=O)Cc1ccc2c(c1)OCCO2. The molecule has 1 N–H and O–H groups in total. The molecule has 142 valence electrons. The zero-order valence-corrected chi connectivity index (χ0v) is 15.3. The van der Waals surface area contributed by atoms with Crippen molar-refractivity contribution < 1.29 is 23.8 Å². The highest BCUT2D eigenvalue weighted by Crippen LogP contribution is 2.30. The Labute approximate surface area is 158 Å². The van der Waals surface area contributed by atoms with Gasteiger partial charge in [-0.25, -0.2) is 0 Å². The number of benzene rings is 2. The summed E-state index contributed by atoms with van der Waals surface area (Å²) in [6, 6.07) is 13.4. The molecule has 3 rings (SSSR count). The largest absolute Gasteiger partial charge is 0.486 e. The lowest BCUT2D eigenvalue weighted by molar-refractivity contribution is -0.147. The molecule has 0 radical (unpaired) electrons. The Morgan fingerprint density at radius 1 is 1.07 bits per heavy atom. The molecule has 6 heteroatoms. The van der Waals surface area contributed by atoms with Gasteiger partial charge in [0.05, 0.1) is 6.42 Å². The van der Waals surface area contributed by atoms with Crippen LogP contribution < -0.4 is 14.8 Å². The van der Waals surface area contributed by atoms with Crippen molar-refractivity contribution in [2.24, 2.45) is 0 Å². The van der Waals surface area contributed by atoms with Crippen LogP contribution in [-0.4, -0.2) is 38.2 Å². The fourth-order valence-electron chi connectivity index (χ4n) is 2.84. The van der Waals surface area contributed by atoms with Crippen molar-refractivity contribution in [1.82, 2.24) is 5.32 Å². The molecule has 1 heterocycles. The standard InChI is InChI=1S/C21H23NO5/c1-15-4-2-3-5-17(15)8-9-22-20(23)14-27-21(24)13-16-6-7-18-19(12-16)26-11-10-25-18/h2-7,12H,8-11,13-14H2,1H3,(H,22,23). The van der Waals surface area contributed by atoms with Crippen LogP contribution in [0.25, 0.3) is 0 Å². The van der Waals surface area contributed by atoms with Gasteiger partial charge in [0, 0.05) is 6.54 Å². The molecule has 2 aromatic carbocycles. The van der Waals surface area contributed by atoms with Crippen LogP contribution in [0.4, 0.5) is 0 Å². The molecule has 2 aromatic rings.